The van der Waals surface area contributed by atoms with E-state index in [2.05, 4.69) is 0 Å². The molecule has 2 heteroatoms. The lowest BCUT2D eigenvalue weighted by atomic mass is 9.65. The van der Waals surface area contributed by atoms with Crippen LogP contribution in [0.1, 0.15) is 43.7 Å². The molecule has 0 radical (unpaired) electrons. The van der Waals surface area contributed by atoms with Crippen molar-refractivity contribution < 1.29 is 9.90 Å². The van der Waals surface area contributed by atoms with Gasteiger partial charge in [-0.3, -0.25) is 4.79 Å². The minimum atomic E-state index is -1.09. The van der Waals surface area contributed by atoms with E-state index in [1.807, 2.05) is 93.6 Å². The second-order valence-corrected chi connectivity index (χ2v) is 8.19. The monoisotopic (exact) mass is 406 g/mol. The number of hydrogen-bond donors (Lipinski definition) is 1. The Balaban J connectivity index is 2.11. The summed E-state index contributed by atoms with van der Waals surface area (Å²) in [5, 5.41) is 10.6. The molecule has 0 aliphatic rings. The van der Waals surface area contributed by atoms with Crippen molar-refractivity contribution in [2.45, 2.75) is 26.2 Å². The van der Waals surface area contributed by atoms with Crippen LogP contribution in [0.4, 0.5) is 0 Å². The number of phenols is 1. The summed E-state index contributed by atoms with van der Waals surface area (Å²) in [7, 11) is 0. The molecular formula is C29H26O2. The number of para-hydroxylation sites is 1. The molecule has 2 nitrogen and oxygen atoms in total. The van der Waals surface area contributed by atoms with Crippen molar-refractivity contribution in [3.8, 4) is 5.75 Å². The van der Waals surface area contributed by atoms with Gasteiger partial charge in [0.15, 0.2) is 5.78 Å². The summed E-state index contributed by atoms with van der Waals surface area (Å²) in [6.45, 7) is 6.11. The molecule has 0 aliphatic carbocycles. The van der Waals surface area contributed by atoms with Gasteiger partial charge < -0.3 is 5.11 Å². The average Bonchev–Trinajstić information content (AvgIpc) is 2.78. The topological polar surface area (TPSA) is 37.3 Å². The van der Waals surface area contributed by atoms with Crippen molar-refractivity contribution in [2.75, 3.05) is 0 Å². The van der Waals surface area contributed by atoms with Gasteiger partial charge >= 0.3 is 0 Å². The molecule has 4 aromatic rings. The summed E-state index contributed by atoms with van der Waals surface area (Å²) in [6, 6.07) is 31.1. The number of aryl methyl sites for hydroxylation is 3. The highest BCUT2D eigenvalue weighted by molar-refractivity contribution is 6.10. The van der Waals surface area contributed by atoms with Crippen molar-refractivity contribution >= 4 is 5.78 Å². The first-order chi connectivity index (χ1) is 14.9. The third-order valence-corrected chi connectivity index (χ3v) is 5.94. The maximum absolute atomic E-state index is 14.4. The van der Waals surface area contributed by atoms with Gasteiger partial charge in [0.2, 0.25) is 0 Å². The van der Waals surface area contributed by atoms with Crippen LogP contribution in [0.2, 0.25) is 0 Å². The van der Waals surface area contributed by atoms with E-state index in [0.717, 1.165) is 33.4 Å². The van der Waals surface area contributed by atoms with E-state index in [1.54, 1.807) is 24.3 Å². The Morgan fingerprint density at radius 2 is 0.935 bits per heavy atom. The molecule has 0 atom stereocenters. The number of benzene rings is 4. The molecule has 31 heavy (non-hydrogen) atoms. The van der Waals surface area contributed by atoms with Gasteiger partial charge in [-0.25, -0.2) is 0 Å². The number of aromatic hydroxyl groups is 1. The van der Waals surface area contributed by atoms with E-state index in [9.17, 15) is 9.90 Å². The summed E-state index contributed by atoms with van der Waals surface area (Å²) in [6.07, 6.45) is 0. The summed E-state index contributed by atoms with van der Waals surface area (Å²) < 4.78 is 0. The minimum absolute atomic E-state index is 0.0109. The van der Waals surface area contributed by atoms with Gasteiger partial charge in [0.1, 0.15) is 11.2 Å². The van der Waals surface area contributed by atoms with Crippen molar-refractivity contribution in [3.05, 3.63) is 136 Å². The van der Waals surface area contributed by atoms with Crippen molar-refractivity contribution in [1.82, 2.24) is 0 Å². The highest BCUT2D eigenvalue weighted by Crippen LogP contribution is 2.43. The predicted octanol–water partition coefficient (Wildman–Crippen LogP) is 6.53. The number of hydrogen-bond acceptors (Lipinski definition) is 2. The molecule has 0 amide bonds. The Morgan fingerprint density at radius 1 is 0.581 bits per heavy atom. The third-order valence-electron chi connectivity index (χ3n) is 5.94. The van der Waals surface area contributed by atoms with Gasteiger partial charge in [-0.1, -0.05) is 102 Å². The van der Waals surface area contributed by atoms with Crippen molar-refractivity contribution in [2.24, 2.45) is 0 Å². The first-order valence-corrected chi connectivity index (χ1v) is 10.5. The van der Waals surface area contributed by atoms with Gasteiger partial charge in [-0.05, 0) is 49.6 Å². The Morgan fingerprint density at radius 3 is 1.29 bits per heavy atom. The maximum atomic E-state index is 14.4. The molecule has 4 aromatic carbocycles. The highest BCUT2D eigenvalue weighted by atomic mass is 16.3. The summed E-state index contributed by atoms with van der Waals surface area (Å²) >= 11 is 0. The predicted molar refractivity (Wildman–Crippen MR) is 126 cm³/mol. The van der Waals surface area contributed by atoms with Crippen LogP contribution in [0.3, 0.4) is 0 Å². The van der Waals surface area contributed by atoms with Crippen LogP contribution in [-0.4, -0.2) is 10.9 Å². The summed E-state index contributed by atoms with van der Waals surface area (Å²) in [5.41, 5.74) is 5.22. The van der Waals surface area contributed by atoms with E-state index in [0.29, 0.717) is 5.56 Å². The molecule has 0 fully saturated rings. The van der Waals surface area contributed by atoms with Gasteiger partial charge in [0, 0.05) is 0 Å². The fourth-order valence-electron chi connectivity index (χ4n) is 4.17. The van der Waals surface area contributed by atoms with Gasteiger partial charge in [-0.15, -0.1) is 0 Å². The Bertz CT molecular complexity index is 1090. The second kappa shape index (κ2) is 8.23. The second-order valence-electron chi connectivity index (χ2n) is 8.19. The van der Waals surface area contributed by atoms with Crippen molar-refractivity contribution in [1.29, 1.82) is 0 Å². The zero-order valence-corrected chi connectivity index (χ0v) is 18.1. The zero-order valence-electron chi connectivity index (χ0n) is 18.1. The van der Waals surface area contributed by atoms with E-state index in [4.69, 9.17) is 0 Å². The SMILES string of the molecule is Cc1ccc(C(C(=O)c2ccccc2O)(c2ccc(C)cc2)c2ccc(C)cc2)cc1. The molecular weight excluding hydrogens is 380 g/mol. The Hall–Kier alpha value is -3.65. The maximum Gasteiger partial charge on any atom is 0.185 e. The number of carbonyl (C=O) groups excluding carboxylic acids is 1. The molecule has 0 saturated carbocycles. The molecule has 0 saturated heterocycles. The van der Waals surface area contributed by atoms with Crippen LogP contribution in [0.5, 0.6) is 5.75 Å². The molecule has 4 rings (SSSR count). The zero-order chi connectivity index (χ0) is 22.0. The molecule has 0 bridgehead atoms. The summed E-state index contributed by atoms with van der Waals surface area (Å²) in [5.74, 6) is -0.162. The summed E-state index contributed by atoms with van der Waals surface area (Å²) in [4.78, 5) is 14.4. The molecule has 0 spiro atoms. The van der Waals surface area contributed by atoms with Crippen LogP contribution in [0.15, 0.2) is 97.1 Å². The number of rotatable bonds is 5. The van der Waals surface area contributed by atoms with E-state index in [1.165, 1.54) is 0 Å². The van der Waals surface area contributed by atoms with E-state index < -0.39 is 5.41 Å². The number of carbonyl (C=O) groups is 1. The third kappa shape index (κ3) is 3.66. The van der Waals surface area contributed by atoms with E-state index in [-0.39, 0.29) is 11.5 Å². The average molecular weight is 407 g/mol. The molecule has 1 N–H and O–H groups in total. The number of phenolic OH excluding ortho intramolecular Hbond substituents is 1. The molecule has 0 heterocycles. The lowest BCUT2D eigenvalue weighted by molar-refractivity contribution is 0.0932. The standard InChI is InChI=1S/C29H26O2/c1-20-8-14-23(15-9-20)29(24-16-10-21(2)11-17-24,25-18-12-22(3)13-19-25)28(31)26-6-4-5-7-27(26)30/h4-19,30H,1-3H3. The van der Waals surface area contributed by atoms with Crippen LogP contribution >= 0.6 is 0 Å². The molecule has 0 aliphatic heterocycles. The quantitative estimate of drug-likeness (QED) is 0.302. The van der Waals surface area contributed by atoms with Gasteiger partial charge in [0.25, 0.3) is 0 Å². The van der Waals surface area contributed by atoms with E-state index >= 15 is 0 Å². The molecule has 154 valence electrons. The first kappa shape index (κ1) is 20.6. The normalized spacial score (nSPS) is 11.3. The minimum Gasteiger partial charge on any atom is -0.507 e. The highest BCUT2D eigenvalue weighted by Gasteiger charge is 2.44. The lowest BCUT2D eigenvalue weighted by Crippen LogP contribution is -2.38. The van der Waals surface area contributed by atoms with Gasteiger partial charge in [-0.2, -0.15) is 0 Å². The number of ketones is 1. The molecule has 0 aromatic heterocycles. The lowest BCUT2D eigenvalue weighted by Gasteiger charge is -2.35. The number of Topliss-reactive ketones (excluding diaryl/α,β-unsaturated/α-hetero) is 1. The Kier molecular flexibility index (Phi) is 5.48. The van der Waals surface area contributed by atoms with Crippen LogP contribution in [0, 0.1) is 20.8 Å². The molecule has 0 unspecified atom stereocenters. The smallest absolute Gasteiger partial charge is 0.185 e. The van der Waals surface area contributed by atoms with Crippen LogP contribution < -0.4 is 0 Å². The van der Waals surface area contributed by atoms with Crippen LogP contribution in [-0.2, 0) is 5.41 Å². The fraction of sp³-hybridized carbons (Fsp3) is 0.138. The Labute approximate surface area is 183 Å². The first-order valence-electron chi connectivity index (χ1n) is 10.5. The van der Waals surface area contributed by atoms with Crippen molar-refractivity contribution in [3.63, 3.8) is 0 Å². The van der Waals surface area contributed by atoms with Gasteiger partial charge in [0.05, 0.1) is 5.56 Å². The fourth-order valence-corrected chi connectivity index (χ4v) is 4.17. The van der Waals surface area contributed by atoms with Crippen LogP contribution in [0.25, 0.3) is 0 Å². The largest absolute Gasteiger partial charge is 0.507 e.